The standard InChI is InChI=1S/C9H19NO/c1-8(7-11-2)6-10-9-4-3-5-9/h8-10H,3-7H2,1-2H3. The lowest BCUT2D eigenvalue weighted by atomic mass is 9.93. The molecule has 0 heterocycles. The fourth-order valence-electron chi connectivity index (χ4n) is 1.32. The Bertz CT molecular complexity index is 102. The molecule has 0 aliphatic heterocycles. The fraction of sp³-hybridized carbons (Fsp3) is 1.00. The van der Waals surface area contributed by atoms with Gasteiger partial charge < -0.3 is 10.1 Å². The summed E-state index contributed by atoms with van der Waals surface area (Å²) in [6.07, 6.45) is 4.16. The predicted molar refractivity (Wildman–Crippen MR) is 46.7 cm³/mol. The minimum absolute atomic E-state index is 0.653. The lowest BCUT2D eigenvalue weighted by Crippen LogP contribution is -2.38. The number of hydrogen-bond acceptors (Lipinski definition) is 2. The Balaban J connectivity index is 1.92. The van der Waals surface area contributed by atoms with Crippen LogP contribution in [-0.4, -0.2) is 26.3 Å². The maximum Gasteiger partial charge on any atom is 0.0499 e. The Morgan fingerprint density at radius 3 is 2.73 bits per heavy atom. The maximum absolute atomic E-state index is 5.05. The van der Waals surface area contributed by atoms with Gasteiger partial charge in [0.2, 0.25) is 0 Å². The van der Waals surface area contributed by atoms with Gasteiger partial charge in [0.05, 0.1) is 0 Å². The maximum atomic E-state index is 5.05. The second kappa shape index (κ2) is 4.73. The molecule has 2 heteroatoms. The van der Waals surface area contributed by atoms with Crippen LogP contribution in [0.25, 0.3) is 0 Å². The number of methoxy groups -OCH3 is 1. The van der Waals surface area contributed by atoms with Crippen molar-refractivity contribution in [2.24, 2.45) is 5.92 Å². The highest BCUT2D eigenvalue weighted by molar-refractivity contribution is 4.76. The molecule has 1 saturated carbocycles. The van der Waals surface area contributed by atoms with Crippen molar-refractivity contribution in [2.45, 2.75) is 32.2 Å². The first-order valence-electron chi connectivity index (χ1n) is 4.55. The number of rotatable bonds is 5. The third-order valence-corrected chi connectivity index (χ3v) is 2.31. The quantitative estimate of drug-likeness (QED) is 0.651. The summed E-state index contributed by atoms with van der Waals surface area (Å²) in [6, 6.07) is 0.814. The Morgan fingerprint density at radius 1 is 1.55 bits per heavy atom. The van der Waals surface area contributed by atoms with Crippen molar-refractivity contribution >= 4 is 0 Å². The monoisotopic (exact) mass is 157 g/mol. The van der Waals surface area contributed by atoms with Crippen LogP contribution in [0.4, 0.5) is 0 Å². The Kier molecular flexibility index (Phi) is 3.87. The minimum atomic E-state index is 0.653. The molecular formula is C9H19NO. The predicted octanol–water partition coefficient (Wildman–Crippen LogP) is 1.41. The average Bonchev–Trinajstić information content (AvgIpc) is 1.85. The van der Waals surface area contributed by atoms with Crippen LogP contribution >= 0.6 is 0 Å². The molecule has 66 valence electrons. The van der Waals surface area contributed by atoms with E-state index in [1.165, 1.54) is 19.3 Å². The van der Waals surface area contributed by atoms with Crippen LogP contribution < -0.4 is 5.32 Å². The second-order valence-electron chi connectivity index (χ2n) is 3.60. The van der Waals surface area contributed by atoms with Gasteiger partial charge in [0, 0.05) is 26.3 Å². The summed E-state index contributed by atoms with van der Waals surface area (Å²) < 4.78 is 5.05. The molecule has 11 heavy (non-hydrogen) atoms. The summed E-state index contributed by atoms with van der Waals surface area (Å²) in [4.78, 5) is 0. The Morgan fingerprint density at radius 2 is 2.27 bits per heavy atom. The van der Waals surface area contributed by atoms with Crippen molar-refractivity contribution < 1.29 is 4.74 Å². The van der Waals surface area contributed by atoms with E-state index in [9.17, 15) is 0 Å². The van der Waals surface area contributed by atoms with Gasteiger partial charge in [-0.1, -0.05) is 13.3 Å². The SMILES string of the molecule is COCC(C)CNC1CCC1. The highest BCUT2D eigenvalue weighted by Gasteiger charge is 2.16. The summed E-state index contributed by atoms with van der Waals surface area (Å²) >= 11 is 0. The molecule has 0 saturated heterocycles. The van der Waals surface area contributed by atoms with E-state index in [1.807, 2.05) is 0 Å². The molecule has 1 N–H and O–H groups in total. The molecule has 1 aliphatic rings. The summed E-state index contributed by atoms with van der Waals surface area (Å²) in [5, 5.41) is 3.52. The first-order valence-corrected chi connectivity index (χ1v) is 4.55. The summed E-state index contributed by atoms with van der Waals surface area (Å²) in [5.74, 6) is 0.653. The van der Waals surface area contributed by atoms with E-state index in [0.29, 0.717) is 5.92 Å². The average molecular weight is 157 g/mol. The molecule has 1 atom stereocenters. The molecule has 1 unspecified atom stereocenters. The molecule has 1 fully saturated rings. The number of nitrogens with one attached hydrogen (secondary N) is 1. The van der Waals surface area contributed by atoms with Crippen LogP contribution in [0.15, 0.2) is 0 Å². The van der Waals surface area contributed by atoms with Crippen molar-refractivity contribution in [3.05, 3.63) is 0 Å². The van der Waals surface area contributed by atoms with Gasteiger partial charge in [0.15, 0.2) is 0 Å². The minimum Gasteiger partial charge on any atom is -0.384 e. The first kappa shape index (κ1) is 9.01. The van der Waals surface area contributed by atoms with Crippen LogP contribution in [0.2, 0.25) is 0 Å². The van der Waals surface area contributed by atoms with Gasteiger partial charge >= 0.3 is 0 Å². The first-order chi connectivity index (χ1) is 5.33. The van der Waals surface area contributed by atoms with Gasteiger partial charge in [0.25, 0.3) is 0 Å². The summed E-state index contributed by atoms with van der Waals surface area (Å²) in [7, 11) is 1.76. The van der Waals surface area contributed by atoms with Crippen molar-refractivity contribution in [1.29, 1.82) is 0 Å². The molecule has 0 aromatic heterocycles. The molecule has 2 nitrogen and oxygen atoms in total. The van der Waals surface area contributed by atoms with Gasteiger partial charge in [-0.25, -0.2) is 0 Å². The molecule has 0 radical (unpaired) electrons. The highest BCUT2D eigenvalue weighted by atomic mass is 16.5. The van der Waals surface area contributed by atoms with Crippen LogP contribution in [0.5, 0.6) is 0 Å². The van der Waals surface area contributed by atoms with E-state index in [2.05, 4.69) is 12.2 Å². The van der Waals surface area contributed by atoms with E-state index >= 15 is 0 Å². The van der Waals surface area contributed by atoms with E-state index < -0.39 is 0 Å². The number of hydrogen-bond donors (Lipinski definition) is 1. The normalized spacial score (nSPS) is 21.3. The molecule has 1 rings (SSSR count). The van der Waals surface area contributed by atoms with Crippen LogP contribution in [-0.2, 0) is 4.74 Å². The lowest BCUT2D eigenvalue weighted by Gasteiger charge is -2.27. The zero-order chi connectivity index (χ0) is 8.10. The molecule has 0 amide bonds. The topological polar surface area (TPSA) is 21.3 Å². The molecule has 0 aromatic rings. The van der Waals surface area contributed by atoms with E-state index in [0.717, 1.165) is 19.2 Å². The Hall–Kier alpha value is -0.0800. The van der Waals surface area contributed by atoms with Crippen molar-refractivity contribution in [3.63, 3.8) is 0 Å². The third kappa shape index (κ3) is 3.21. The smallest absolute Gasteiger partial charge is 0.0499 e. The van der Waals surface area contributed by atoms with Crippen molar-refractivity contribution in [3.8, 4) is 0 Å². The van der Waals surface area contributed by atoms with Gasteiger partial charge in [-0.2, -0.15) is 0 Å². The number of ether oxygens (including phenoxy) is 1. The van der Waals surface area contributed by atoms with Gasteiger partial charge in [-0.3, -0.25) is 0 Å². The second-order valence-corrected chi connectivity index (χ2v) is 3.60. The molecule has 0 aromatic carbocycles. The molecule has 0 spiro atoms. The lowest BCUT2D eigenvalue weighted by molar-refractivity contribution is 0.154. The van der Waals surface area contributed by atoms with E-state index in [1.54, 1.807) is 7.11 Å². The van der Waals surface area contributed by atoms with E-state index in [4.69, 9.17) is 4.74 Å². The molecule has 0 bridgehead atoms. The van der Waals surface area contributed by atoms with E-state index in [-0.39, 0.29) is 0 Å². The van der Waals surface area contributed by atoms with Crippen molar-refractivity contribution in [2.75, 3.05) is 20.3 Å². The largest absolute Gasteiger partial charge is 0.384 e. The third-order valence-electron chi connectivity index (χ3n) is 2.31. The van der Waals surface area contributed by atoms with Crippen LogP contribution in [0.1, 0.15) is 26.2 Å². The Labute approximate surface area is 69.3 Å². The van der Waals surface area contributed by atoms with Crippen molar-refractivity contribution in [1.82, 2.24) is 5.32 Å². The van der Waals surface area contributed by atoms with Crippen LogP contribution in [0, 0.1) is 5.92 Å². The van der Waals surface area contributed by atoms with Gasteiger partial charge in [0.1, 0.15) is 0 Å². The highest BCUT2D eigenvalue weighted by Crippen LogP contribution is 2.17. The summed E-state index contributed by atoms with van der Waals surface area (Å²) in [5.41, 5.74) is 0. The zero-order valence-electron chi connectivity index (χ0n) is 7.60. The summed E-state index contributed by atoms with van der Waals surface area (Å²) in [6.45, 7) is 4.20. The zero-order valence-corrected chi connectivity index (χ0v) is 7.60. The molecular weight excluding hydrogens is 138 g/mol. The van der Waals surface area contributed by atoms with Gasteiger partial charge in [-0.05, 0) is 18.8 Å². The van der Waals surface area contributed by atoms with Crippen LogP contribution in [0.3, 0.4) is 0 Å². The van der Waals surface area contributed by atoms with Gasteiger partial charge in [-0.15, -0.1) is 0 Å². The fourth-order valence-corrected chi connectivity index (χ4v) is 1.32. The molecule has 1 aliphatic carbocycles.